The number of nitrogens with zero attached hydrogens (tertiary/aromatic N) is 2. The van der Waals surface area contributed by atoms with Crippen molar-refractivity contribution in [1.29, 1.82) is 0 Å². The van der Waals surface area contributed by atoms with E-state index in [9.17, 15) is 4.79 Å². The molecule has 0 bridgehead atoms. The molecule has 2 aromatic carbocycles. The second-order valence-corrected chi connectivity index (χ2v) is 8.26. The highest BCUT2D eigenvalue weighted by Crippen LogP contribution is 2.31. The number of hydrogen-bond acceptors (Lipinski definition) is 7. The quantitative estimate of drug-likeness (QED) is 0.555. The number of aromatic nitrogens is 2. The van der Waals surface area contributed by atoms with Crippen LogP contribution in [0.5, 0.6) is 5.75 Å². The number of benzene rings is 2. The van der Waals surface area contributed by atoms with E-state index in [0.29, 0.717) is 11.7 Å². The molecule has 1 aromatic heterocycles. The van der Waals surface area contributed by atoms with Gasteiger partial charge in [0.1, 0.15) is 5.75 Å². The van der Waals surface area contributed by atoms with E-state index in [4.69, 9.17) is 4.74 Å². The fraction of sp³-hybridized carbons (Fsp3) is 0.211. The lowest BCUT2D eigenvalue weighted by Crippen LogP contribution is -2.30. The Bertz CT molecular complexity index is 886. The Morgan fingerprint density at radius 3 is 2.78 bits per heavy atom. The van der Waals surface area contributed by atoms with Crippen molar-refractivity contribution in [2.75, 3.05) is 12.4 Å². The first kappa shape index (κ1) is 19.2. The standard InChI is InChI=1S/C19H20N4O2S2/c1-13(17(24)20-12-14-7-4-3-5-8-14)26-19-23-22-18(27-19)21-15-9-6-10-16(11-15)25-2/h3-11,13H,12H2,1-2H3,(H,20,24)(H,21,22). The monoisotopic (exact) mass is 400 g/mol. The van der Waals surface area contributed by atoms with Crippen LogP contribution in [0.25, 0.3) is 0 Å². The molecule has 3 rings (SSSR count). The molecule has 3 aromatic rings. The summed E-state index contributed by atoms with van der Waals surface area (Å²) >= 11 is 2.80. The number of thioether (sulfide) groups is 1. The van der Waals surface area contributed by atoms with Crippen molar-refractivity contribution in [3.8, 4) is 5.75 Å². The summed E-state index contributed by atoms with van der Waals surface area (Å²) in [6.07, 6.45) is 0. The second kappa shape index (κ2) is 9.38. The van der Waals surface area contributed by atoms with Crippen molar-refractivity contribution >= 4 is 39.8 Å². The van der Waals surface area contributed by atoms with Gasteiger partial charge in [-0.1, -0.05) is 59.5 Å². The van der Waals surface area contributed by atoms with Crippen LogP contribution in [-0.4, -0.2) is 28.5 Å². The van der Waals surface area contributed by atoms with Gasteiger partial charge in [-0.15, -0.1) is 10.2 Å². The Balaban J connectivity index is 1.52. The van der Waals surface area contributed by atoms with Gasteiger partial charge in [-0.05, 0) is 24.6 Å². The van der Waals surface area contributed by atoms with E-state index >= 15 is 0 Å². The van der Waals surface area contributed by atoms with E-state index in [1.165, 1.54) is 23.1 Å². The van der Waals surface area contributed by atoms with Crippen LogP contribution in [0.1, 0.15) is 12.5 Å². The molecule has 2 N–H and O–H groups in total. The van der Waals surface area contributed by atoms with Gasteiger partial charge in [0.2, 0.25) is 11.0 Å². The Labute approximate surface area is 166 Å². The molecule has 0 aliphatic rings. The van der Waals surface area contributed by atoms with Gasteiger partial charge in [0, 0.05) is 18.3 Å². The normalized spacial score (nSPS) is 11.6. The van der Waals surface area contributed by atoms with Gasteiger partial charge in [-0.25, -0.2) is 0 Å². The third-order valence-electron chi connectivity index (χ3n) is 3.68. The van der Waals surface area contributed by atoms with Crippen LogP contribution in [0.15, 0.2) is 58.9 Å². The molecule has 27 heavy (non-hydrogen) atoms. The second-order valence-electron chi connectivity index (χ2n) is 5.69. The third-order valence-corrected chi connectivity index (χ3v) is 5.71. The topological polar surface area (TPSA) is 76.1 Å². The zero-order valence-corrected chi connectivity index (χ0v) is 16.6. The molecule has 0 saturated carbocycles. The molecule has 0 radical (unpaired) electrons. The largest absolute Gasteiger partial charge is 0.497 e. The molecule has 1 unspecified atom stereocenters. The Hall–Kier alpha value is -2.58. The molecule has 0 aliphatic carbocycles. The first-order valence-electron chi connectivity index (χ1n) is 8.37. The van der Waals surface area contributed by atoms with Gasteiger partial charge >= 0.3 is 0 Å². The maximum absolute atomic E-state index is 12.3. The summed E-state index contributed by atoms with van der Waals surface area (Å²) in [5.41, 5.74) is 1.94. The number of methoxy groups -OCH3 is 1. The summed E-state index contributed by atoms with van der Waals surface area (Å²) < 4.78 is 5.95. The minimum absolute atomic E-state index is 0.0265. The molecule has 0 spiro atoms. The smallest absolute Gasteiger partial charge is 0.233 e. The number of nitrogens with one attached hydrogen (secondary N) is 2. The van der Waals surface area contributed by atoms with Crippen LogP contribution in [-0.2, 0) is 11.3 Å². The zero-order chi connectivity index (χ0) is 19.1. The van der Waals surface area contributed by atoms with Crippen molar-refractivity contribution in [3.63, 3.8) is 0 Å². The Morgan fingerprint density at radius 1 is 1.19 bits per heavy atom. The van der Waals surface area contributed by atoms with Gasteiger partial charge in [0.05, 0.1) is 12.4 Å². The van der Waals surface area contributed by atoms with E-state index in [-0.39, 0.29) is 11.2 Å². The minimum Gasteiger partial charge on any atom is -0.497 e. The van der Waals surface area contributed by atoms with Crippen molar-refractivity contribution in [1.82, 2.24) is 15.5 Å². The Morgan fingerprint density at radius 2 is 2.00 bits per heavy atom. The van der Waals surface area contributed by atoms with Gasteiger partial charge in [0.15, 0.2) is 4.34 Å². The summed E-state index contributed by atoms with van der Waals surface area (Å²) in [6, 6.07) is 17.4. The van der Waals surface area contributed by atoms with Gasteiger partial charge in [-0.3, -0.25) is 4.79 Å². The lowest BCUT2D eigenvalue weighted by Gasteiger charge is -2.10. The highest BCUT2D eigenvalue weighted by Gasteiger charge is 2.17. The lowest BCUT2D eigenvalue weighted by atomic mass is 10.2. The maximum Gasteiger partial charge on any atom is 0.233 e. The van der Waals surface area contributed by atoms with Crippen LogP contribution >= 0.6 is 23.1 Å². The van der Waals surface area contributed by atoms with Crippen molar-refractivity contribution < 1.29 is 9.53 Å². The van der Waals surface area contributed by atoms with Crippen molar-refractivity contribution in [2.24, 2.45) is 0 Å². The number of rotatable bonds is 8. The van der Waals surface area contributed by atoms with Crippen LogP contribution in [0.3, 0.4) is 0 Å². The number of ether oxygens (including phenoxy) is 1. The Kier molecular flexibility index (Phi) is 6.67. The van der Waals surface area contributed by atoms with Gasteiger partial charge < -0.3 is 15.4 Å². The molecule has 0 aliphatic heterocycles. The molecular formula is C19H20N4O2S2. The SMILES string of the molecule is COc1cccc(Nc2nnc(SC(C)C(=O)NCc3ccccc3)s2)c1. The van der Waals surface area contributed by atoms with Crippen molar-refractivity contribution in [3.05, 3.63) is 60.2 Å². The van der Waals surface area contributed by atoms with E-state index < -0.39 is 0 Å². The molecular weight excluding hydrogens is 380 g/mol. The maximum atomic E-state index is 12.3. The van der Waals surface area contributed by atoms with E-state index in [1.54, 1.807) is 7.11 Å². The number of amides is 1. The van der Waals surface area contributed by atoms with Crippen LogP contribution < -0.4 is 15.4 Å². The predicted molar refractivity (Wildman–Crippen MR) is 110 cm³/mol. The molecule has 0 fully saturated rings. The molecule has 140 valence electrons. The van der Waals surface area contributed by atoms with E-state index in [0.717, 1.165) is 21.3 Å². The fourth-order valence-electron chi connectivity index (χ4n) is 2.27. The summed E-state index contributed by atoms with van der Waals surface area (Å²) in [5.74, 6) is 0.740. The summed E-state index contributed by atoms with van der Waals surface area (Å²) in [4.78, 5) is 12.3. The molecule has 0 saturated heterocycles. The fourth-order valence-corrected chi connectivity index (χ4v) is 4.21. The highest BCUT2D eigenvalue weighted by atomic mass is 32.2. The van der Waals surface area contributed by atoms with E-state index in [1.807, 2.05) is 61.5 Å². The molecule has 1 heterocycles. The highest BCUT2D eigenvalue weighted by molar-refractivity contribution is 8.02. The average molecular weight is 401 g/mol. The predicted octanol–water partition coefficient (Wildman–Crippen LogP) is 4.09. The molecule has 6 nitrogen and oxygen atoms in total. The number of hydrogen-bond donors (Lipinski definition) is 2. The third kappa shape index (κ3) is 5.70. The van der Waals surface area contributed by atoms with Crippen molar-refractivity contribution in [2.45, 2.75) is 23.1 Å². The van der Waals surface area contributed by atoms with Gasteiger partial charge in [-0.2, -0.15) is 0 Å². The van der Waals surface area contributed by atoms with Crippen LogP contribution in [0.4, 0.5) is 10.8 Å². The molecule has 1 atom stereocenters. The molecule has 1 amide bonds. The summed E-state index contributed by atoms with van der Waals surface area (Å²) in [6.45, 7) is 2.38. The minimum atomic E-state index is -0.258. The first-order valence-corrected chi connectivity index (χ1v) is 10.1. The van der Waals surface area contributed by atoms with Crippen LogP contribution in [0, 0.1) is 0 Å². The lowest BCUT2D eigenvalue weighted by molar-refractivity contribution is -0.120. The van der Waals surface area contributed by atoms with Crippen LogP contribution in [0.2, 0.25) is 0 Å². The van der Waals surface area contributed by atoms with E-state index in [2.05, 4.69) is 20.8 Å². The average Bonchev–Trinajstić information content (AvgIpc) is 3.13. The summed E-state index contributed by atoms with van der Waals surface area (Å²) in [5, 5.41) is 14.8. The number of anilines is 2. The van der Waals surface area contributed by atoms with Gasteiger partial charge in [0.25, 0.3) is 0 Å². The summed E-state index contributed by atoms with van der Waals surface area (Å²) in [7, 11) is 1.63. The number of carbonyl (C=O) groups is 1. The zero-order valence-electron chi connectivity index (χ0n) is 15.0. The molecule has 8 heteroatoms. The number of carbonyl (C=O) groups excluding carboxylic acids is 1. The first-order chi connectivity index (χ1) is 13.1.